The van der Waals surface area contributed by atoms with Gasteiger partial charge in [-0.1, -0.05) is 35.4 Å². The quantitative estimate of drug-likeness (QED) is 0.935. The van der Waals surface area contributed by atoms with Gasteiger partial charge in [0.05, 0.1) is 18.0 Å². The predicted octanol–water partition coefficient (Wildman–Crippen LogP) is 3.44. The zero-order valence-electron chi connectivity index (χ0n) is 13.3. The highest BCUT2D eigenvalue weighted by Crippen LogP contribution is 2.37. The van der Waals surface area contributed by atoms with Crippen LogP contribution in [0, 0.1) is 6.92 Å². The molecule has 1 atom stereocenters. The van der Waals surface area contributed by atoms with Gasteiger partial charge in [0.1, 0.15) is 5.75 Å². The number of hydrogen-bond acceptors (Lipinski definition) is 3. The van der Waals surface area contributed by atoms with Crippen LogP contribution in [0.5, 0.6) is 5.75 Å². The maximum Gasteiger partial charge on any atom is 0.241 e. The van der Waals surface area contributed by atoms with E-state index in [9.17, 15) is 8.42 Å². The van der Waals surface area contributed by atoms with Crippen LogP contribution in [0.4, 0.5) is 0 Å². The van der Waals surface area contributed by atoms with Gasteiger partial charge in [-0.3, -0.25) is 0 Å². The number of ether oxygens (including phenoxy) is 1. The summed E-state index contributed by atoms with van der Waals surface area (Å²) in [5.41, 5.74) is 3.91. The topological polar surface area (TPSA) is 55.4 Å². The first-order valence-corrected chi connectivity index (χ1v) is 8.84. The second kappa shape index (κ2) is 5.83. The summed E-state index contributed by atoms with van der Waals surface area (Å²) in [6.07, 6.45) is 2.00. The van der Waals surface area contributed by atoms with Gasteiger partial charge in [-0.25, -0.2) is 8.42 Å². The van der Waals surface area contributed by atoms with Crippen LogP contribution >= 0.6 is 0 Å². The summed E-state index contributed by atoms with van der Waals surface area (Å²) in [4.78, 5) is 0.271. The van der Waals surface area contributed by atoms with Crippen LogP contribution in [0.25, 0.3) is 6.08 Å². The van der Waals surface area contributed by atoms with E-state index in [2.05, 4.69) is 4.72 Å². The molecule has 5 heteroatoms. The van der Waals surface area contributed by atoms with Crippen molar-refractivity contribution in [2.75, 3.05) is 7.11 Å². The second-order valence-electron chi connectivity index (χ2n) is 5.75. The van der Waals surface area contributed by atoms with Gasteiger partial charge in [0.25, 0.3) is 0 Å². The molecule has 0 saturated heterocycles. The number of fused-ring (bicyclic) bond motifs is 1. The first kappa shape index (κ1) is 15.8. The van der Waals surface area contributed by atoms with E-state index >= 15 is 0 Å². The minimum atomic E-state index is -3.59. The third kappa shape index (κ3) is 3.02. The lowest BCUT2D eigenvalue weighted by Crippen LogP contribution is -2.28. The van der Waals surface area contributed by atoms with Crippen molar-refractivity contribution in [2.45, 2.75) is 24.8 Å². The number of hydrogen-bond donors (Lipinski definition) is 1. The van der Waals surface area contributed by atoms with E-state index in [1.807, 2.05) is 38.1 Å². The number of rotatable bonds is 4. The van der Waals surface area contributed by atoms with Crippen LogP contribution in [0.1, 0.15) is 29.7 Å². The van der Waals surface area contributed by atoms with Crippen LogP contribution in [0.3, 0.4) is 0 Å². The number of sulfonamides is 1. The molecule has 1 N–H and O–H groups in total. The molecule has 0 spiro atoms. The van der Waals surface area contributed by atoms with E-state index < -0.39 is 10.0 Å². The van der Waals surface area contributed by atoms with Gasteiger partial charge in [-0.15, -0.1) is 0 Å². The monoisotopic (exact) mass is 329 g/mol. The third-order valence-electron chi connectivity index (χ3n) is 4.05. The first-order chi connectivity index (χ1) is 10.9. The predicted molar refractivity (Wildman–Crippen MR) is 90.9 cm³/mol. The Labute approximate surface area is 136 Å². The fourth-order valence-corrected chi connectivity index (χ4v) is 3.99. The zero-order valence-corrected chi connectivity index (χ0v) is 14.1. The number of benzene rings is 2. The maximum atomic E-state index is 12.6. The Hall–Kier alpha value is -2.11. The van der Waals surface area contributed by atoms with Crippen molar-refractivity contribution < 1.29 is 13.2 Å². The zero-order chi connectivity index (χ0) is 16.6. The second-order valence-corrected chi connectivity index (χ2v) is 7.46. The van der Waals surface area contributed by atoms with Crippen LogP contribution in [0.15, 0.2) is 52.9 Å². The van der Waals surface area contributed by atoms with E-state index in [0.29, 0.717) is 5.75 Å². The first-order valence-electron chi connectivity index (χ1n) is 7.36. The average molecular weight is 329 g/mol. The fourth-order valence-electron chi connectivity index (χ4n) is 2.73. The largest absolute Gasteiger partial charge is 0.497 e. The van der Waals surface area contributed by atoms with E-state index in [4.69, 9.17) is 4.74 Å². The van der Waals surface area contributed by atoms with E-state index in [1.165, 1.54) is 0 Å². The molecular formula is C18H19NO3S. The fraction of sp³-hybridized carbons (Fsp3) is 0.222. The summed E-state index contributed by atoms with van der Waals surface area (Å²) < 4.78 is 33.3. The van der Waals surface area contributed by atoms with Gasteiger partial charge in [-0.05, 0) is 49.2 Å². The smallest absolute Gasteiger partial charge is 0.241 e. The van der Waals surface area contributed by atoms with E-state index in [0.717, 1.165) is 22.3 Å². The van der Waals surface area contributed by atoms with Gasteiger partial charge in [0.2, 0.25) is 10.0 Å². The van der Waals surface area contributed by atoms with Crippen LogP contribution < -0.4 is 9.46 Å². The molecule has 23 heavy (non-hydrogen) atoms. The van der Waals surface area contributed by atoms with Gasteiger partial charge in [-0.2, -0.15) is 4.72 Å². The summed E-state index contributed by atoms with van der Waals surface area (Å²) >= 11 is 0. The molecule has 0 heterocycles. The van der Waals surface area contributed by atoms with Gasteiger partial charge in [0, 0.05) is 0 Å². The number of aryl methyl sites for hydroxylation is 1. The lowest BCUT2D eigenvalue weighted by Gasteiger charge is -2.17. The molecule has 0 aromatic heterocycles. The molecule has 0 bridgehead atoms. The molecule has 1 unspecified atom stereocenters. The third-order valence-corrected chi connectivity index (χ3v) is 5.49. The SMILES string of the molecule is COc1ccc2c(c1)C(NS(=O)(=O)c1ccc(C)cc1)C(C)=C2. The van der Waals surface area contributed by atoms with Crippen molar-refractivity contribution >= 4 is 16.1 Å². The van der Waals surface area contributed by atoms with E-state index in [-0.39, 0.29) is 10.9 Å². The normalized spacial score (nSPS) is 16.8. The van der Waals surface area contributed by atoms with Crippen molar-refractivity contribution in [3.8, 4) is 5.75 Å². The lowest BCUT2D eigenvalue weighted by molar-refractivity contribution is 0.414. The molecule has 0 fully saturated rings. The van der Waals surface area contributed by atoms with Crippen molar-refractivity contribution in [1.82, 2.24) is 4.72 Å². The highest BCUT2D eigenvalue weighted by atomic mass is 32.2. The molecular weight excluding hydrogens is 310 g/mol. The van der Waals surface area contributed by atoms with Gasteiger partial charge in [0.15, 0.2) is 0 Å². The Kier molecular flexibility index (Phi) is 4.00. The summed E-state index contributed by atoms with van der Waals surface area (Å²) in [5, 5.41) is 0. The van der Waals surface area contributed by atoms with Crippen molar-refractivity contribution in [2.24, 2.45) is 0 Å². The summed E-state index contributed by atoms with van der Waals surface area (Å²) in [5.74, 6) is 0.714. The highest BCUT2D eigenvalue weighted by molar-refractivity contribution is 7.89. The molecule has 0 radical (unpaired) electrons. The standard InChI is InChI=1S/C18H19NO3S/c1-12-4-8-16(9-5-12)23(20,21)19-18-13(2)10-14-6-7-15(22-3)11-17(14)18/h4-11,18-19H,1-3H3. The Morgan fingerprint density at radius 2 is 1.74 bits per heavy atom. The van der Waals surface area contributed by atoms with Crippen molar-refractivity contribution in [1.29, 1.82) is 0 Å². The van der Waals surface area contributed by atoms with Crippen molar-refractivity contribution in [3.05, 3.63) is 64.7 Å². The van der Waals surface area contributed by atoms with E-state index in [1.54, 1.807) is 31.4 Å². The number of methoxy groups -OCH3 is 1. The Balaban J connectivity index is 1.94. The highest BCUT2D eigenvalue weighted by Gasteiger charge is 2.28. The van der Waals surface area contributed by atoms with Gasteiger partial charge >= 0.3 is 0 Å². The van der Waals surface area contributed by atoms with Crippen molar-refractivity contribution in [3.63, 3.8) is 0 Å². The Morgan fingerprint density at radius 3 is 2.39 bits per heavy atom. The summed E-state index contributed by atoms with van der Waals surface area (Å²) in [6.45, 7) is 3.85. The molecule has 3 rings (SSSR count). The molecule has 0 amide bonds. The van der Waals surface area contributed by atoms with Crippen LogP contribution in [0.2, 0.25) is 0 Å². The molecule has 1 aliphatic rings. The summed E-state index contributed by atoms with van der Waals surface area (Å²) in [7, 11) is -1.99. The lowest BCUT2D eigenvalue weighted by atomic mass is 10.1. The minimum absolute atomic E-state index is 0.271. The Bertz CT molecular complexity index is 868. The summed E-state index contributed by atoms with van der Waals surface area (Å²) in [6, 6.07) is 12.2. The maximum absolute atomic E-state index is 12.6. The minimum Gasteiger partial charge on any atom is -0.497 e. The average Bonchev–Trinajstić information content (AvgIpc) is 2.82. The molecule has 2 aromatic rings. The molecule has 120 valence electrons. The number of nitrogens with one attached hydrogen (secondary N) is 1. The molecule has 2 aromatic carbocycles. The Morgan fingerprint density at radius 1 is 1.04 bits per heavy atom. The van der Waals surface area contributed by atoms with Gasteiger partial charge < -0.3 is 4.74 Å². The molecule has 0 saturated carbocycles. The van der Waals surface area contributed by atoms with Crippen LogP contribution in [-0.2, 0) is 10.0 Å². The van der Waals surface area contributed by atoms with Crippen LogP contribution in [-0.4, -0.2) is 15.5 Å². The molecule has 4 nitrogen and oxygen atoms in total. The molecule has 1 aliphatic carbocycles. The molecule has 0 aliphatic heterocycles.